The molecule has 1 aliphatic heterocycles. The molecule has 0 unspecified atom stereocenters. The highest BCUT2D eigenvalue weighted by Gasteiger charge is 2.65. The highest BCUT2D eigenvalue weighted by molar-refractivity contribution is 6.27. The van der Waals surface area contributed by atoms with Crippen LogP contribution >= 0.6 is 0 Å². The maximum absolute atomic E-state index is 14.3. The molecule has 6 nitrogen and oxygen atoms in total. The zero-order valence-electron chi connectivity index (χ0n) is 18.1. The Labute approximate surface area is 192 Å². The second kappa shape index (κ2) is 8.25. The number of hydrogen-bond acceptors (Lipinski definition) is 6. The zero-order valence-corrected chi connectivity index (χ0v) is 18.1. The molecule has 4 rings (SSSR count). The Morgan fingerprint density at radius 1 is 0.971 bits per heavy atom. The van der Waals surface area contributed by atoms with Crippen LogP contribution in [0.2, 0.25) is 0 Å². The third kappa shape index (κ3) is 3.35. The van der Waals surface area contributed by atoms with Crippen LogP contribution in [0.1, 0.15) is 33.2 Å². The van der Waals surface area contributed by atoms with Crippen molar-refractivity contribution in [1.82, 2.24) is 0 Å². The van der Waals surface area contributed by atoms with Crippen LogP contribution in [-0.4, -0.2) is 43.0 Å². The Kier molecular flexibility index (Phi) is 5.69. The molecule has 0 N–H and O–H groups in total. The van der Waals surface area contributed by atoms with Crippen molar-refractivity contribution < 1.29 is 41.8 Å². The number of esters is 1. The Hall–Kier alpha value is -3.72. The number of ketones is 2. The topological polar surface area (TPSA) is 78.9 Å². The lowest BCUT2D eigenvalue weighted by Gasteiger charge is -2.34. The highest BCUT2D eigenvalue weighted by atomic mass is 19.4. The first-order chi connectivity index (χ1) is 16.0. The van der Waals surface area contributed by atoms with Crippen molar-refractivity contribution in [2.24, 2.45) is 0 Å². The third-order valence-electron chi connectivity index (χ3n) is 5.81. The van der Waals surface area contributed by atoms with Gasteiger partial charge in [-0.25, -0.2) is 4.79 Å². The van der Waals surface area contributed by atoms with Gasteiger partial charge in [-0.2, -0.15) is 13.2 Å². The Morgan fingerprint density at radius 3 is 2.06 bits per heavy atom. The first kappa shape index (κ1) is 23.4. The number of methoxy groups -OCH3 is 1. The first-order valence-corrected chi connectivity index (χ1v) is 10.2. The first-order valence-electron chi connectivity index (χ1n) is 10.2. The second-order valence-corrected chi connectivity index (χ2v) is 7.91. The van der Waals surface area contributed by atoms with E-state index in [9.17, 15) is 27.6 Å². The van der Waals surface area contributed by atoms with E-state index in [0.717, 1.165) is 19.2 Å². The molecule has 2 aliphatic rings. The minimum absolute atomic E-state index is 0.0372. The van der Waals surface area contributed by atoms with Crippen LogP contribution in [-0.2, 0) is 24.6 Å². The summed E-state index contributed by atoms with van der Waals surface area (Å²) in [5.74, 6) is -3.49. The number of benzene rings is 2. The molecule has 0 saturated carbocycles. The van der Waals surface area contributed by atoms with E-state index in [0.29, 0.717) is 0 Å². The van der Waals surface area contributed by atoms with E-state index < -0.39 is 47.1 Å². The molecule has 2 aromatic rings. The SMILES string of the molecule is C=C(C)[C@H]1OC2=C(C(=O)c3ccccc3C2=O)[C@@H]1OC(=O)[C@@](OC)(c1ccccc1)C(F)(F)F. The summed E-state index contributed by atoms with van der Waals surface area (Å²) in [6, 6.07) is 12.2. The predicted molar refractivity (Wildman–Crippen MR) is 113 cm³/mol. The van der Waals surface area contributed by atoms with Crippen LogP contribution in [0.5, 0.6) is 0 Å². The number of fused-ring (bicyclic) bond motifs is 1. The summed E-state index contributed by atoms with van der Waals surface area (Å²) in [7, 11) is 0.735. The molecule has 0 amide bonds. The molecule has 176 valence electrons. The molecule has 1 heterocycles. The minimum atomic E-state index is -5.21. The number of ether oxygens (including phenoxy) is 3. The van der Waals surface area contributed by atoms with Crippen LogP contribution in [0, 0.1) is 0 Å². The average Bonchev–Trinajstić information content (AvgIpc) is 3.18. The van der Waals surface area contributed by atoms with Crippen molar-refractivity contribution in [3.63, 3.8) is 0 Å². The molecule has 0 bridgehead atoms. The minimum Gasteiger partial charge on any atom is -0.477 e. The van der Waals surface area contributed by atoms with Gasteiger partial charge in [-0.05, 0) is 12.5 Å². The number of hydrogen-bond donors (Lipinski definition) is 0. The summed E-state index contributed by atoms with van der Waals surface area (Å²) in [6.45, 7) is 5.20. The molecule has 0 aromatic heterocycles. The van der Waals surface area contributed by atoms with E-state index in [1.54, 1.807) is 6.07 Å². The normalized spacial score (nSPS) is 21.3. The van der Waals surface area contributed by atoms with Crippen LogP contribution in [0.4, 0.5) is 13.2 Å². The van der Waals surface area contributed by atoms with Gasteiger partial charge < -0.3 is 14.2 Å². The lowest BCUT2D eigenvalue weighted by atomic mass is 9.85. The van der Waals surface area contributed by atoms with Gasteiger partial charge in [0.15, 0.2) is 23.8 Å². The Balaban J connectivity index is 1.81. The average molecular weight is 472 g/mol. The van der Waals surface area contributed by atoms with Gasteiger partial charge in [-0.15, -0.1) is 0 Å². The zero-order chi connectivity index (χ0) is 24.8. The van der Waals surface area contributed by atoms with Gasteiger partial charge in [0.2, 0.25) is 5.78 Å². The summed E-state index contributed by atoms with van der Waals surface area (Å²) in [6.07, 6.45) is -8.09. The van der Waals surface area contributed by atoms with Crippen molar-refractivity contribution in [2.75, 3.05) is 7.11 Å². The summed E-state index contributed by atoms with van der Waals surface area (Å²) in [5.41, 5.74) is -3.94. The van der Waals surface area contributed by atoms with Gasteiger partial charge in [-0.3, -0.25) is 9.59 Å². The summed E-state index contributed by atoms with van der Waals surface area (Å²) >= 11 is 0. The van der Waals surface area contributed by atoms with E-state index in [4.69, 9.17) is 14.2 Å². The molecule has 0 spiro atoms. The number of carbonyl (C=O) groups excluding carboxylic acids is 3. The predicted octanol–water partition coefficient (Wildman–Crippen LogP) is 4.31. The molecule has 9 heteroatoms. The van der Waals surface area contributed by atoms with Gasteiger partial charge in [0.05, 0.1) is 5.57 Å². The van der Waals surface area contributed by atoms with Crippen molar-refractivity contribution in [2.45, 2.75) is 30.9 Å². The van der Waals surface area contributed by atoms with Crippen molar-refractivity contribution in [1.29, 1.82) is 0 Å². The van der Waals surface area contributed by atoms with E-state index in [1.165, 1.54) is 43.3 Å². The number of rotatable bonds is 5. The number of allylic oxidation sites excluding steroid dienone is 1. The fraction of sp³-hybridized carbons (Fsp3) is 0.240. The summed E-state index contributed by atoms with van der Waals surface area (Å²) in [4.78, 5) is 39.4. The molecule has 0 radical (unpaired) electrons. The third-order valence-corrected chi connectivity index (χ3v) is 5.81. The summed E-state index contributed by atoms with van der Waals surface area (Å²) in [5, 5.41) is 0. The Bertz CT molecular complexity index is 1230. The van der Waals surface area contributed by atoms with E-state index in [-0.39, 0.29) is 28.0 Å². The molecule has 0 saturated heterocycles. The van der Waals surface area contributed by atoms with Crippen molar-refractivity contribution >= 4 is 17.5 Å². The van der Waals surface area contributed by atoms with Crippen LogP contribution in [0.3, 0.4) is 0 Å². The standard InChI is InChI=1S/C25H19F3O6/c1-13(2)20-22(17-18(29)15-11-7-8-12-16(15)19(30)21(17)33-20)34-23(31)24(32-3,25(26,27)28)14-9-5-4-6-10-14/h4-12,20,22H,1H2,2-3H3/t20-,22+,24+/m1/s1. The monoisotopic (exact) mass is 472 g/mol. The van der Waals surface area contributed by atoms with E-state index in [2.05, 4.69) is 6.58 Å². The molecule has 0 fully saturated rings. The van der Waals surface area contributed by atoms with E-state index >= 15 is 0 Å². The smallest absolute Gasteiger partial charge is 0.432 e. The number of Topliss-reactive ketones (excluding diaryl/α,β-unsaturated/α-hetero) is 2. The number of halogens is 3. The van der Waals surface area contributed by atoms with Gasteiger partial charge >= 0.3 is 12.1 Å². The molecule has 34 heavy (non-hydrogen) atoms. The summed E-state index contributed by atoms with van der Waals surface area (Å²) < 4.78 is 58.6. The van der Waals surface area contributed by atoms with Gasteiger partial charge in [0.1, 0.15) is 0 Å². The fourth-order valence-electron chi connectivity index (χ4n) is 4.15. The fourth-order valence-corrected chi connectivity index (χ4v) is 4.15. The van der Waals surface area contributed by atoms with Crippen molar-refractivity contribution in [3.8, 4) is 0 Å². The number of carbonyl (C=O) groups is 3. The quantitative estimate of drug-likeness (QED) is 0.477. The van der Waals surface area contributed by atoms with Crippen LogP contribution in [0.25, 0.3) is 0 Å². The van der Waals surface area contributed by atoms with Crippen molar-refractivity contribution in [3.05, 3.63) is 94.8 Å². The van der Waals surface area contributed by atoms with Gasteiger partial charge in [0.25, 0.3) is 5.60 Å². The molecular weight excluding hydrogens is 453 g/mol. The van der Waals surface area contributed by atoms with Gasteiger partial charge in [0, 0.05) is 23.8 Å². The lowest BCUT2D eigenvalue weighted by Crippen LogP contribution is -2.53. The van der Waals surface area contributed by atoms with Gasteiger partial charge in [-0.1, -0.05) is 61.2 Å². The van der Waals surface area contributed by atoms with E-state index in [1.807, 2.05) is 0 Å². The highest BCUT2D eigenvalue weighted by Crippen LogP contribution is 2.45. The second-order valence-electron chi connectivity index (χ2n) is 7.91. The maximum Gasteiger partial charge on any atom is 0.432 e. The molecular formula is C25H19F3O6. The largest absolute Gasteiger partial charge is 0.477 e. The van der Waals surface area contributed by atoms with Crippen LogP contribution in [0.15, 0.2) is 78.1 Å². The van der Waals surface area contributed by atoms with Crippen LogP contribution < -0.4 is 0 Å². The number of alkyl halides is 3. The molecule has 1 aliphatic carbocycles. The lowest BCUT2D eigenvalue weighted by molar-refractivity contribution is -0.278. The molecule has 2 aromatic carbocycles. The molecule has 3 atom stereocenters. The Morgan fingerprint density at radius 2 is 1.53 bits per heavy atom. The maximum atomic E-state index is 14.3.